The number of methoxy groups -OCH3 is 2. The third-order valence-electron chi connectivity index (χ3n) is 11.0. The molecule has 5 N–H and O–H groups in total. The first kappa shape index (κ1) is 40.4. The van der Waals surface area contributed by atoms with Crippen LogP contribution in [-0.2, 0) is 25.5 Å². The molecule has 5 rings (SSSR count). The van der Waals surface area contributed by atoms with Crippen LogP contribution in [0.25, 0.3) is 22.1 Å². The zero-order valence-corrected chi connectivity index (χ0v) is 32.9. The Morgan fingerprint density at radius 3 is 2.11 bits per heavy atom. The normalized spacial score (nSPS) is 18.0. The number of fused-ring (bicyclic) bond motifs is 8. The second-order valence-corrected chi connectivity index (χ2v) is 14.5. The summed E-state index contributed by atoms with van der Waals surface area (Å²) in [6, 6.07) is 5.88. The molecule has 0 saturated carbocycles. The van der Waals surface area contributed by atoms with Crippen LogP contribution >= 0.6 is 0 Å². The van der Waals surface area contributed by atoms with Crippen LogP contribution in [-0.4, -0.2) is 82.9 Å². The smallest absolute Gasteiger partial charge is 0.373 e. The van der Waals surface area contributed by atoms with Crippen LogP contribution in [0, 0.1) is 13.8 Å². The van der Waals surface area contributed by atoms with Gasteiger partial charge in [-0.2, -0.15) is 0 Å². The van der Waals surface area contributed by atoms with Gasteiger partial charge >= 0.3 is 19.0 Å². The number of carbonyl (C=O) groups excluding carboxylic acids is 4. The van der Waals surface area contributed by atoms with Gasteiger partial charge in [0.15, 0.2) is 5.78 Å². The summed E-state index contributed by atoms with van der Waals surface area (Å²) in [7, 11) is 2.00. The summed E-state index contributed by atoms with van der Waals surface area (Å²) in [5.41, 5.74) is 8.36. The molecule has 0 saturated heterocycles. The van der Waals surface area contributed by atoms with Crippen LogP contribution in [0.5, 0.6) is 0 Å². The number of aromatic nitrogens is 4. The van der Waals surface area contributed by atoms with Gasteiger partial charge in [0.1, 0.15) is 0 Å². The summed E-state index contributed by atoms with van der Waals surface area (Å²) in [6.45, 7) is 14.1. The lowest BCUT2D eigenvalue weighted by atomic mass is 9.85. The lowest BCUT2D eigenvalue weighted by molar-refractivity contribution is -0.141. The third-order valence-corrected chi connectivity index (χ3v) is 11.0. The highest BCUT2D eigenvalue weighted by atomic mass is 16.5. The first-order valence-corrected chi connectivity index (χ1v) is 18.8. The molecule has 4 atom stereocenters. The number of ether oxygens (including phenoxy) is 2. The van der Waals surface area contributed by atoms with E-state index >= 15 is 0 Å². The monoisotopic (exact) mass is 740 g/mol. The van der Waals surface area contributed by atoms with E-state index < -0.39 is 13.0 Å². The fourth-order valence-corrected chi connectivity index (χ4v) is 7.91. The highest BCUT2D eigenvalue weighted by Gasteiger charge is 2.34. The minimum atomic E-state index is -0.666. The molecule has 3 aromatic rings. The number of hydrogen-bond donors (Lipinski definition) is 5. The van der Waals surface area contributed by atoms with Crippen LogP contribution in [0.3, 0.4) is 0 Å². The summed E-state index contributed by atoms with van der Waals surface area (Å²) in [6.07, 6.45) is 1.69. The summed E-state index contributed by atoms with van der Waals surface area (Å²) in [5, 5.41) is 15.6. The molecule has 288 valence electrons. The Hall–Kier alpha value is -4.82. The van der Waals surface area contributed by atoms with Gasteiger partial charge in [0.05, 0.1) is 42.9 Å². The fourth-order valence-electron chi connectivity index (χ4n) is 7.91. The Morgan fingerprint density at radius 2 is 1.46 bits per heavy atom. The van der Waals surface area contributed by atoms with Gasteiger partial charge in [-0.05, 0) is 82.7 Å². The first-order valence-electron chi connectivity index (χ1n) is 18.8. The summed E-state index contributed by atoms with van der Waals surface area (Å²) < 4.78 is 10.2. The van der Waals surface area contributed by atoms with Crippen LogP contribution < -0.4 is 10.5 Å². The maximum atomic E-state index is 14.2. The van der Waals surface area contributed by atoms with Crippen LogP contribution in [0.2, 0.25) is 6.82 Å². The molecule has 8 bridgehead atoms. The predicted molar refractivity (Wildman–Crippen MR) is 209 cm³/mol. The minimum Gasteiger partial charge on any atom is -0.469 e. The largest absolute Gasteiger partial charge is 0.469 e. The number of rotatable bonds is 13. The maximum Gasteiger partial charge on any atom is 0.373 e. The average molecular weight is 741 g/mol. The highest BCUT2D eigenvalue weighted by molar-refractivity contribution is 6.45. The number of carbonyl (C=O) groups is 4. The number of Topliss-reactive ketones (excluding diaryl/α,β-unsaturated/α-hetero) is 1. The molecule has 3 aromatic heterocycles. The van der Waals surface area contributed by atoms with E-state index in [0.717, 1.165) is 28.9 Å². The predicted octanol–water partition coefficient (Wildman–Crippen LogP) is 5.81. The second kappa shape index (κ2) is 17.1. The zero-order chi connectivity index (χ0) is 39.4. The van der Waals surface area contributed by atoms with Crippen molar-refractivity contribution < 1.29 is 33.7 Å². The Morgan fingerprint density at radius 1 is 0.852 bits per heavy atom. The Bertz CT molecular complexity index is 2110. The standard InChI is InChI=1S/C40H53BN6O7/c1-10-25-20(2)28-19-33-36(24(6)48)22(4)30(45-33)17-29-21(3)26(12-13-34(49)53-8)38(46-29)27(16-35(50)54-9)39-37(23(5)31(47-39)18-32(25)44-28)40(51)42-14-11-15-43-41(7)52/h17-21,25-26,43,45,47,52H,10-16H2,1-9H3,(H,42,51)/t20-,21+,25-,26+/m1/s1. The van der Waals surface area contributed by atoms with Gasteiger partial charge in [-0.3, -0.25) is 29.1 Å². The molecular weight excluding hydrogens is 687 g/mol. The van der Waals surface area contributed by atoms with Gasteiger partial charge < -0.3 is 35.0 Å². The molecule has 0 aliphatic carbocycles. The lowest BCUT2D eigenvalue weighted by Gasteiger charge is -2.18. The molecule has 54 heavy (non-hydrogen) atoms. The van der Waals surface area contributed by atoms with E-state index in [-0.39, 0.29) is 54.2 Å². The molecule has 1 amide bonds. The van der Waals surface area contributed by atoms with Crippen LogP contribution in [0.4, 0.5) is 0 Å². The topological polar surface area (TPSA) is 188 Å². The summed E-state index contributed by atoms with van der Waals surface area (Å²) >= 11 is 0. The zero-order valence-electron chi connectivity index (χ0n) is 32.9. The van der Waals surface area contributed by atoms with Crippen molar-refractivity contribution in [3.8, 4) is 0 Å². The van der Waals surface area contributed by atoms with Gasteiger partial charge in [0.2, 0.25) is 0 Å². The van der Waals surface area contributed by atoms with Gasteiger partial charge in [-0.15, -0.1) is 0 Å². The Kier molecular flexibility index (Phi) is 12.8. The summed E-state index contributed by atoms with van der Waals surface area (Å²) in [4.78, 5) is 70.4. The van der Waals surface area contributed by atoms with Crippen LogP contribution in [0.15, 0.2) is 18.2 Å². The van der Waals surface area contributed by atoms with Crippen molar-refractivity contribution in [2.45, 2.75) is 104 Å². The van der Waals surface area contributed by atoms with Gasteiger partial charge in [0, 0.05) is 75.9 Å². The van der Waals surface area contributed by atoms with E-state index in [1.54, 1.807) is 13.7 Å². The molecule has 2 aliphatic rings. The van der Waals surface area contributed by atoms with Crippen molar-refractivity contribution in [1.82, 2.24) is 30.5 Å². The van der Waals surface area contributed by atoms with Gasteiger partial charge in [0.25, 0.3) is 5.91 Å². The molecule has 0 radical (unpaired) electrons. The van der Waals surface area contributed by atoms with Gasteiger partial charge in [-0.25, -0.2) is 0 Å². The molecule has 14 heteroatoms. The Balaban J connectivity index is 1.92. The maximum absolute atomic E-state index is 14.2. The van der Waals surface area contributed by atoms with Crippen molar-refractivity contribution in [2.75, 3.05) is 27.3 Å². The number of hydrogen-bond acceptors (Lipinski definition) is 10. The fraction of sp³-hybridized carbons (Fsp3) is 0.500. The van der Waals surface area contributed by atoms with E-state index in [1.165, 1.54) is 14.2 Å². The number of aromatic amines is 2. The lowest BCUT2D eigenvalue weighted by Crippen LogP contribution is -2.34. The highest BCUT2D eigenvalue weighted by Crippen LogP contribution is 2.43. The number of ketones is 1. The molecule has 0 spiro atoms. The average Bonchev–Trinajstić information content (AvgIpc) is 3.81. The molecule has 2 aliphatic heterocycles. The number of nitrogens with zero attached hydrogens (tertiary/aromatic N) is 2. The number of esters is 2. The molecule has 0 aromatic carbocycles. The van der Waals surface area contributed by atoms with E-state index in [2.05, 4.69) is 34.4 Å². The number of amides is 1. The minimum absolute atomic E-state index is 0.0496. The van der Waals surface area contributed by atoms with Crippen molar-refractivity contribution in [3.63, 3.8) is 0 Å². The molecular formula is C40H53BN6O7. The molecule has 0 fully saturated rings. The third kappa shape index (κ3) is 8.29. The molecule has 0 unspecified atom stereocenters. The number of nitrogens with one attached hydrogen (secondary N) is 4. The van der Waals surface area contributed by atoms with Crippen molar-refractivity contribution in [2.24, 2.45) is 0 Å². The molecule has 5 heterocycles. The SMILES string of the molecule is CC[C@H]1c2cc3[nH]c(c(CC(=O)OC)c4nc(cc5[nH]c(cc(n2)[C@@H]1C)c(C(C)=O)c5C)[C@@H](C)[C@@H]4CCC(=O)OC)c(C(=O)NCCCNB(C)O)c3C. The van der Waals surface area contributed by atoms with Crippen LogP contribution in [0.1, 0.15) is 137 Å². The van der Waals surface area contributed by atoms with Gasteiger partial charge in [-0.1, -0.05) is 20.8 Å². The summed E-state index contributed by atoms with van der Waals surface area (Å²) in [5.74, 6) is -1.72. The van der Waals surface area contributed by atoms with Crippen molar-refractivity contribution >= 4 is 52.7 Å². The second-order valence-electron chi connectivity index (χ2n) is 14.5. The first-order chi connectivity index (χ1) is 25.7. The number of aryl methyl sites for hydroxylation is 2. The quantitative estimate of drug-likeness (QED) is 0.0620. The van der Waals surface area contributed by atoms with Crippen molar-refractivity contribution in [3.05, 3.63) is 68.8 Å². The van der Waals surface area contributed by atoms with E-state index in [1.807, 2.05) is 39.0 Å². The number of H-pyrrole nitrogens is 2. The Labute approximate surface area is 316 Å². The van der Waals surface area contributed by atoms with Crippen molar-refractivity contribution in [1.29, 1.82) is 0 Å². The van der Waals surface area contributed by atoms with E-state index in [0.29, 0.717) is 76.1 Å². The van der Waals surface area contributed by atoms with E-state index in [9.17, 15) is 24.2 Å². The molecule has 13 nitrogen and oxygen atoms in total. The van der Waals surface area contributed by atoms with E-state index in [4.69, 9.17) is 19.4 Å².